The molecule has 3 N–H and O–H groups in total. The summed E-state index contributed by atoms with van der Waals surface area (Å²) in [6.45, 7) is 2.13. The molecule has 3 nitrogen and oxygen atoms in total. The van der Waals surface area contributed by atoms with E-state index in [0.717, 1.165) is 11.6 Å². The molecule has 0 radical (unpaired) electrons. The standard InChI is InChI=1S/C16H16F2N2O/c1-10(11-3-2-4-14(17)7-11)20-9-13-6-5-12(16(19)21)8-15(13)18/h2-8,10,20H,9H2,1H3,(H2,19,21). The fourth-order valence-corrected chi connectivity index (χ4v) is 2.00. The van der Waals surface area contributed by atoms with Crippen molar-refractivity contribution in [3.05, 3.63) is 70.8 Å². The molecule has 2 aromatic rings. The summed E-state index contributed by atoms with van der Waals surface area (Å²) < 4.78 is 27.0. The number of rotatable bonds is 5. The molecule has 0 aromatic heterocycles. The molecule has 0 bridgehead atoms. The molecular weight excluding hydrogens is 274 g/mol. The van der Waals surface area contributed by atoms with Gasteiger partial charge in [-0.2, -0.15) is 0 Å². The van der Waals surface area contributed by atoms with Gasteiger partial charge in [0.25, 0.3) is 0 Å². The molecule has 2 aromatic carbocycles. The summed E-state index contributed by atoms with van der Waals surface area (Å²) in [6.07, 6.45) is 0. The van der Waals surface area contributed by atoms with Gasteiger partial charge in [-0.05, 0) is 36.8 Å². The minimum absolute atomic E-state index is 0.129. The quantitative estimate of drug-likeness (QED) is 0.889. The first kappa shape index (κ1) is 15.1. The highest BCUT2D eigenvalue weighted by Crippen LogP contribution is 2.16. The first-order valence-corrected chi connectivity index (χ1v) is 6.54. The van der Waals surface area contributed by atoms with Crippen molar-refractivity contribution >= 4 is 5.91 Å². The van der Waals surface area contributed by atoms with Crippen LogP contribution in [-0.4, -0.2) is 5.91 Å². The first-order chi connectivity index (χ1) is 9.97. The van der Waals surface area contributed by atoms with E-state index in [2.05, 4.69) is 5.32 Å². The highest BCUT2D eigenvalue weighted by Gasteiger charge is 2.10. The van der Waals surface area contributed by atoms with Crippen molar-refractivity contribution in [1.82, 2.24) is 5.32 Å². The van der Waals surface area contributed by atoms with E-state index < -0.39 is 11.7 Å². The van der Waals surface area contributed by atoms with Crippen molar-refractivity contribution in [2.24, 2.45) is 5.73 Å². The lowest BCUT2D eigenvalue weighted by Gasteiger charge is -2.15. The zero-order valence-electron chi connectivity index (χ0n) is 11.6. The van der Waals surface area contributed by atoms with Gasteiger partial charge < -0.3 is 11.1 Å². The van der Waals surface area contributed by atoms with Gasteiger partial charge in [-0.1, -0.05) is 18.2 Å². The minimum atomic E-state index is -0.665. The molecule has 0 aliphatic heterocycles. The van der Waals surface area contributed by atoms with E-state index in [-0.39, 0.29) is 24.0 Å². The summed E-state index contributed by atoms with van der Waals surface area (Å²) in [4.78, 5) is 11.0. The topological polar surface area (TPSA) is 55.1 Å². The highest BCUT2D eigenvalue weighted by atomic mass is 19.1. The number of amides is 1. The molecular formula is C16H16F2N2O. The molecule has 21 heavy (non-hydrogen) atoms. The molecule has 5 heteroatoms. The van der Waals surface area contributed by atoms with E-state index >= 15 is 0 Å². The lowest BCUT2D eigenvalue weighted by molar-refractivity contribution is 0.1000. The molecule has 1 atom stereocenters. The lowest BCUT2D eigenvalue weighted by atomic mass is 10.1. The first-order valence-electron chi connectivity index (χ1n) is 6.54. The van der Waals surface area contributed by atoms with Crippen molar-refractivity contribution in [3.8, 4) is 0 Å². The van der Waals surface area contributed by atoms with Crippen LogP contribution in [0.15, 0.2) is 42.5 Å². The normalized spacial score (nSPS) is 12.1. The SMILES string of the molecule is CC(NCc1ccc(C(N)=O)cc1F)c1cccc(F)c1. The Labute approximate surface area is 121 Å². The second kappa shape index (κ2) is 6.45. The van der Waals surface area contributed by atoms with Crippen molar-refractivity contribution in [1.29, 1.82) is 0 Å². The summed E-state index contributed by atoms with van der Waals surface area (Å²) in [5.41, 5.74) is 6.42. The maximum atomic E-state index is 13.8. The van der Waals surface area contributed by atoms with E-state index in [1.807, 2.05) is 6.92 Å². The fraction of sp³-hybridized carbons (Fsp3) is 0.188. The molecule has 0 saturated carbocycles. The fourth-order valence-electron chi connectivity index (χ4n) is 2.00. The van der Waals surface area contributed by atoms with Gasteiger partial charge in [-0.15, -0.1) is 0 Å². The van der Waals surface area contributed by atoms with E-state index in [1.165, 1.54) is 24.3 Å². The van der Waals surface area contributed by atoms with Gasteiger partial charge in [-0.3, -0.25) is 4.79 Å². The van der Waals surface area contributed by atoms with Gasteiger partial charge in [0.2, 0.25) is 5.91 Å². The third kappa shape index (κ3) is 3.86. The third-order valence-corrected chi connectivity index (χ3v) is 3.28. The second-order valence-corrected chi connectivity index (χ2v) is 4.83. The maximum absolute atomic E-state index is 13.8. The van der Waals surface area contributed by atoms with Gasteiger partial charge in [0.1, 0.15) is 11.6 Å². The summed E-state index contributed by atoms with van der Waals surface area (Å²) in [5, 5.41) is 3.11. The van der Waals surface area contributed by atoms with E-state index in [4.69, 9.17) is 5.73 Å². The molecule has 1 amide bonds. The van der Waals surface area contributed by atoms with Crippen molar-refractivity contribution in [3.63, 3.8) is 0 Å². The zero-order valence-corrected chi connectivity index (χ0v) is 11.6. The number of halogens is 2. The summed E-state index contributed by atoms with van der Waals surface area (Å²) >= 11 is 0. The molecule has 0 fully saturated rings. The Bertz CT molecular complexity index is 658. The van der Waals surface area contributed by atoms with E-state index in [0.29, 0.717) is 5.56 Å². The molecule has 1 unspecified atom stereocenters. The average Bonchev–Trinajstić information content (AvgIpc) is 2.45. The predicted octanol–water partition coefficient (Wildman–Crippen LogP) is 2.91. The van der Waals surface area contributed by atoms with Gasteiger partial charge in [0.15, 0.2) is 0 Å². The number of nitrogens with one attached hydrogen (secondary N) is 1. The molecule has 0 heterocycles. The largest absolute Gasteiger partial charge is 0.366 e. The molecule has 0 saturated heterocycles. The number of hydrogen-bond acceptors (Lipinski definition) is 2. The van der Waals surface area contributed by atoms with E-state index in [9.17, 15) is 13.6 Å². The van der Waals surface area contributed by atoms with Crippen LogP contribution in [0, 0.1) is 11.6 Å². The molecule has 0 spiro atoms. The lowest BCUT2D eigenvalue weighted by Crippen LogP contribution is -2.19. The molecule has 110 valence electrons. The monoisotopic (exact) mass is 290 g/mol. The van der Waals surface area contributed by atoms with Crippen LogP contribution in [0.4, 0.5) is 8.78 Å². The Hall–Kier alpha value is -2.27. The van der Waals surface area contributed by atoms with Crippen molar-refractivity contribution in [2.75, 3.05) is 0 Å². The molecule has 0 aliphatic carbocycles. The van der Waals surface area contributed by atoms with E-state index in [1.54, 1.807) is 12.1 Å². The summed E-state index contributed by atoms with van der Waals surface area (Å²) in [5.74, 6) is -1.47. The van der Waals surface area contributed by atoms with Crippen LogP contribution in [0.1, 0.15) is 34.5 Å². The Balaban J connectivity index is 2.04. The average molecular weight is 290 g/mol. The van der Waals surface area contributed by atoms with Gasteiger partial charge in [0.05, 0.1) is 0 Å². The smallest absolute Gasteiger partial charge is 0.248 e. The summed E-state index contributed by atoms with van der Waals surface area (Å²) in [7, 11) is 0. The number of primary amides is 1. The molecule has 0 aliphatic rings. The minimum Gasteiger partial charge on any atom is -0.366 e. The zero-order chi connectivity index (χ0) is 15.4. The third-order valence-electron chi connectivity index (χ3n) is 3.28. The number of carbonyl (C=O) groups is 1. The number of nitrogens with two attached hydrogens (primary N) is 1. The maximum Gasteiger partial charge on any atom is 0.248 e. The number of benzene rings is 2. The van der Waals surface area contributed by atoms with Crippen LogP contribution >= 0.6 is 0 Å². The van der Waals surface area contributed by atoms with Crippen LogP contribution in [0.25, 0.3) is 0 Å². The van der Waals surface area contributed by atoms with Gasteiger partial charge in [0, 0.05) is 23.7 Å². The Morgan fingerprint density at radius 3 is 2.62 bits per heavy atom. The second-order valence-electron chi connectivity index (χ2n) is 4.83. The Kier molecular flexibility index (Phi) is 4.65. The van der Waals surface area contributed by atoms with Crippen LogP contribution in [-0.2, 0) is 6.54 Å². The van der Waals surface area contributed by atoms with Crippen molar-refractivity contribution in [2.45, 2.75) is 19.5 Å². The number of hydrogen-bond donors (Lipinski definition) is 2. The van der Waals surface area contributed by atoms with Crippen LogP contribution in [0.5, 0.6) is 0 Å². The van der Waals surface area contributed by atoms with Gasteiger partial charge >= 0.3 is 0 Å². The van der Waals surface area contributed by atoms with Gasteiger partial charge in [-0.25, -0.2) is 8.78 Å². The summed E-state index contributed by atoms with van der Waals surface area (Å²) in [6, 6.07) is 10.2. The molecule has 2 rings (SSSR count). The Morgan fingerprint density at radius 1 is 1.24 bits per heavy atom. The van der Waals surface area contributed by atoms with Crippen molar-refractivity contribution < 1.29 is 13.6 Å². The number of carbonyl (C=O) groups excluding carboxylic acids is 1. The predicted molar refractivity (Wildman–Crippen MR) is 76.6 cm³/mol. The highest BCUT2D eigenvalue weighted by molar-refractivity contribution is 5.92. The van der Waals surface area contributed by atoms with Crippen LogP contribution in [0.3, 0.4) is 0 Å². The van der Waals surface area contributed by atoms with Crippen LogP contribution in [0.2, 0.25) is 0 Å². The van der Waals surface area contributed by atoms with Crippen LogP contribution < -0.4 is 11.1 Å². The Morgan fingerprint density at radius 2 is 2.00 bits per heavy atom.